The minimum atomic E-state index is -0.798. The molecule has 2 unspecified atom stereocenters. The molecule has 0 amide bonds. The van der Waals surface area contributed by atoms with E-state index >= 15 is 0 Å². The lowest BCUT2D eigenvalue weighted by atomic mass is 9.99. The Hall–Kier alpha value is -1.62. The minimum Gasteiger partial charge on any atom is -0.480 e. The summed E-state index contributed by atoms with van der Waals surface area (Å²) in [4.78, 5) is 18.3. The van der Waals surface area contributed by atoms with Crippen LogP contribution in [0, 0.1) is 0 Å². The number of nitrogens with zero attached hydrogens (tertiary/aromatic N) is 2. The number of rotatable bonds is 5. The summed E-state index contributed by atoms with van der Waals surface area (Å²) in [6, 6.07) is 8.68. The zero-order valence-electron chi connectivity index (χ0n) is 14.0. The van der Waals surface area contributed by atoms with Crippen LogP contribution in [0.15, 0.2) is 36.5 Å². The molecule has 1 fully saturated rings. The molecule has 3 rings (SSSR count). The second-order valence-electron chi connectivity index (χ2n) is 6.26. The second-order valence-corrected chi connectivity index (χ2v) is 7.07. The fourth-order valence-corrected chi connectivity index (χ4v) is 3.69. The highest BCUT2D eigenvalue weighted by Gasteiger charge is 2.37. The van der Waals surface area contributed by atoms with Crippen LogP contribution >= 0.6 is 23.2 Å². The summed E-state index contributed by atoms with van der Waals surface area (Å²) < 4.78 is 0. The standard InChI is InChI=1S/C19H20Cl2N2O2/c1-2-12-5-8-16(22-11-12)18(13-6-7-14(20)15(21)10-13)23-9-3-4-17(23)19(24)25/h5-8,10-11,17-18H,2-4,9H2,1H3,(H,24,25). The van der Waals surface area contributed by atoms with Crippen molar-refractivity contribution in [1.29, 1.82) is 0 Å². The Kier molecular flexibility index (Phi) is 5.62. The number of likely N-dealkylation sites (tertiary alicyclic amines) is 1. The quantitative estimate of drug-likeness (QED) is 0.826. The number of carboxylic acid groups (broad SMARTS) is 1. The predicted octanol–water partition coefficient (Wildman–Crippen LogP) is 4.59. The normalized spacial score (nSPS) is 19.1. The van der Waals surface area contributed by atoms with Crippen LogP contribution in [0.25, 0.3) is 0 Å². The first-order chi connectivity index (χ1) is 12.0. The van der Waals surface area contributed by atoms with Crippen molar-refractivity contribution in [3.8, 4) is 0 Å². The van der Waals surface area contributed by atoms with E-state index in [2.05, 4.69) is 11.9 Å². The molecule has 0 spiro atoms. The van der Waals surface area contributed by atoms with E-state index < -0.39 is 12.0 Å². The summed E-state index contributed by atoms with van der Waals surface area (Å²) >= 11 is 12.3. The Balaban J connectivity index is 2.06. The lowest BCUT2D eigenvalue weighted by Gasteiger charge is -2.31. The van der Waals surface area contributed by atoms with Gasteiger partial charge in [-0.05, 0) is 48.6 Å². The third-order valence-electron chi connectivity index (χ3n) is 4.71. The second kappa shape index (κ2) is 7.73. The number of pyridine rings is 1. The number of carboxylic acids is 1. The highest BCUT2D eigenvalue weighted by Crippen LogP contribution is 2.36. The van der Waals surface area contributed by atoms with Gasteiger partial charge in [0, 0.05) is 12.7 Å². The number of aromatic nitrogens is 1. The maximum Gasteiger partial charge on any atom is 0.320 e. The molecule has 1 N–H and O–H groups in total. The first-order valence-electron chi connectivity index (χ1n) is 8.39. The van der Waals surface area contributed by atoms with Gasteiger partial charge < -0.3 is 5.11 Å². The molecule has 1 aliphatic rings. The maximum atomic E-state index is 11.7. The van der Waals surface area contributed by atoms with Gasteiger partial charge in [-0.1, -0.05) is 42.3 Å². The van der Waals surface area contributed by atoms with Gasteiger partial charge in [-0.25, -0.2) is 0 Å². The Labute approximate surface area is 157 Å². The number of aryl methyl sites for hydroxylation is 1. The summed E-state index contributed by atoms with van der Waals surface area (Å²) in [7, 11) is 0. The van der Waals surface area contributed by atoms with Crippen molar-refractivity contribution >= 4 is 29.2 Å². The van der Waals surface area contributed by atoms with Gasteiger partial charge in [-0.3, -0.25) is 14.7 Å². The fourth-order valence-electron chi connectivity index (χ4n) is 3.38. The largest absolute Gasteiger partial charge is 0.480 e. The molecule has 1 aromatic heterocycles. The van der Waals surface area contributed by atoms with E-state index in [0.29, 0.717) is 23.0 Å². The molecule has 2 heterocycles. The number of halogens is 2. The van der Waals surface area contributed by atoms with Crippen molar-refractivity contribution in [1.82, 2.24) is 9.88 Å². The van der Waals surface area contributed by atoms with E-state index in [9.17, 15) is 9.90 Å². The van der Waals surface area contributed by atoms with Crippen LogP contribution < -0.4 is 0 Å². The highest BCUT2D eigenvalue weighted by molar-refractivity contribution is 6.42. The summed E-state index contributed by atoms with van der Waals surface area (Å²) in [5.74, 6) is -0.798. The van der Waals surface area contributed by atoms with Crippen LogP contribution in [-0.2, 0) is 11.2 Å². The van der Waals surface area contributed by atoms with Gasteiger partial charge in [-0.15, -0.1) is 0 Å². The maximum absolute atomic E-state index is 11.7. The Morgan fingerprint density at radius 2 is 2.12 bits per heavy atom. The van der Waals surface area contributed by atoms with Crippen LogP contribution in [0.1, 0.15) is 42.6 Å². The Bertz CT molecular complexity index is 765. The minimum absolute atomic E-state index is 0.260. The number of hydrogen-bond acceptors (Lipinski definition) is 3. The van der Waals surface area contributed by atoms with Crippen LogP contribution in [0.3, 0.4) is 0 Å². The molecule has 0 aliphatic carbocycles. The van der Waals surface area contributed by atoms with Crippen molar-refractivity contribution in [3.63, 3.8) is 0 Å². The number of carbonyl (C=O) groups is 1. The smallest absolute Gasteiger partial charge is 0.320 e. The molecule has 0 saturated carbocycles. The molecule has 2 aromatic rings. The first kappa shape index (κ1) is 18.2. The SMILES string of the molecule is CCc1ccc(C(c2ccc(Cl)c(Cl)c2)N2CCCC2C(=O)O)nc1. The molecular formula is C19H20Cl2N2O2. The van der Waals surface area contributed by atoms with E-state index in [4.69, 9.17) is 23.2 Å². The van der Waals surface area contributed by atoms with Gasteiger partial charge in [0.05, 0.1) is 21.8 Å². The van der Waals surface area contributed by atoms with E-state index in [1.807, 2.05) is 29.3 Å². The predicted molar refractivity (Wildman–Crippen MR) is 99.3 cm³/mol. The molecule has 132 valence electrons. The van der Waals surface area contributed by atoms with Gasteiger partial charge >= 0.3 is 5.97 Å². The topological polar surface area (TPSA) is 53.4 Å². The van der Waals surface area contributed by atoms with Gasteiger partial charge in [0.25, 0.3) is 0 Å². The fraction of sp³-hybridized carbons (Fsp3) is 0.368. The van der Waals surface area contributed by atoms with Gasteiger partial charge in [-0.2, -0.15) is 0 Å². The van der Waals surface area contributed by atoms with Crippen LogP contribution in [0.5, 0.6) is 0 Å². The Morgan fingerprint density at radius 3 is 2.72 bits per heavy atom. The summed E-state index contributed by atoms with van der Waals surface area (Å²) in [5, 5.41) is 10.5. The number of benzene rings is 1. The molecular weight excluding hydrogens is 359 g/mol. The Morgan fingerprint density at radius 1 is 1.32 bits per heavy atom. The number of aliphatic carboxylic acids is 1. The van der Waals surface area contributed by atoms with E-state index in [1.165, 1.54) is 0 Å². The summed E-state index contributed by atoms with van der Waals surface area (Å²) in [6.45, 7) is 2.78. The van der Waals surface area contributed by atoms with E-state index in [0.717, 1.165) is 29.7 Å². The van der Waals surface area contributed by atoms with Crippen molar-refractivity contribution in [3.05, 3.63) is 63.4 Å². The lowest BCUT2D eigenvalue weighted by Crippen LogP contribution is -2.39. The molecule has 1 saturated heterocycles. The van der Waals surface area contributed by atoms with Gasteiger partial charge in [0.2, 0.25) is 0 Å². The van der Waals surface area contributed by atoms with Crippen molar-refractivity contribution in [2.45, 2.75) is 38.3 Å². The summed E-state index contributed by atoms with van der Waals surface area (Å²) in [6.07, 6.45) is 4.25. The van der Waals surface area contributed by atoms with E-state index in [1.54, 1.807) is 12.1 Å². The third-order valence-corrected chi connectivity index (χ3v) is 5.45. The highest BCUT2D eigenvalue weighted by atomic mass is 35.5. The van der Waals surface area contributed by atoms with Gasteiger partial charge in [0.15, 0.2) is 0 Å². The molecule has 25 heavy (non-hydrogen) atoms. The van der Waals surface area contributed by atoms with Crippen LogP contribution in [-0.4, -0.2) is 33.5 Å². The monoisotopic (exact) mass is 378 g/mol. The zero-order chi connectivity index (χ0) is 18.0. The lowest BCUT2D eigenvalue weighted by molar-refractivity contribution is -0.142. The molecule has 1 aliphatic heterocycles. The van der Waals surface area contributed by atoms with Crippen molar-refractivity contribution < 1.29 is 9.90 Å². The van der Waals surface area contributed by atoms with Crippen molar-refractivity contribution in [2.24, 2.45) is 0 Å². The van der Waals surface area contributed by atoms with Crippen molar-refractivity contribution in [2.75, 3.05) is 6.54 Å². The summed E-state index contributed by atoms with van der Waals surface area (Å²) in [5.41, 5.74) is 2.87. The molecule has 1 aromatic carbocycles. The van der Waals surface area contributed by atoms with E-state index in [-0.39, 0.29) is 6.04 Å². The third kappa shape index (κ3) is 3.81. The molecule has 0 radical (unpaired) electrons. The molecule has 2 atom stereocenters. The number of hydrogen-bond donors (Lipinski definition) is 1. The molecule has 4 nitrogen and oxygen atoms in total. The van der Waals surface area contributed by atoms with Crippen LogP contribution in [0.2, 0.25) is 10.0 Å². The van der Waals surface area contributed by atoms with Crippen LogP contribution in [0.4, 0.5) is 0 Å². The molecule has 6 heteroatoms. The first-order valence-corrected chi connectivity index (χ1v) is 9.15. The average molecular weight is 379 g/mol. The molecule has 0 bridgehead atoms. The van der Waals surface area contributed by atoms with Gasteiger partial charge in [0.1, 0.15) is 6.04 Å². The zero-order valence-corrected chi connectivity index (χ0v) is 15.5. The average Bonchev–Trinajstić information content (AvgIpc) is 3.08.